The second-order valence-electron chi connectivity index (χ2n) is 3.48. The minimum absolute atomic E-state index is 0.0478. The van der Waals surface area contributed by atoms with Gasteiger partial charge in [-0.15, -0.1) is 18.3 Å². The van der Waals surface area contributed by atoms with Crippen LogP contribution in [-0.2, 0) is 4.79 Å². The minimum atomic E-state index is -0.228. The fourth-order valence-corrected chi connectivity index (χ4v) is 2.38. The first-order valence-electron chi connectivity index (χ1n) is 5.15. The van der Waals surface area contributed by atoms with Gasteiger partial charge in [0.1, 0.15) is 0 Å². The van der Waals surface area contributed by atoms with Gasteiger partial charge in [-0.05, 0) is 25.1 Å². The summed E-state index contributed by atoms with van der Waals surface area (Å²) in [6.07, 6.45) is 1.64. The van der Waals surface area contributed by atoms with E-state index in [4.69, 9.17) is 17.3 Å². The first-order valence-corrected chi connectivity index (χ1v) is 6.40. The Morgan fingerprint density at radius 1 is 1.71 bits per heavy atom. The van der Waals surface area contributed by atoms with Crippen molar-refractivity contribution in [2.45, 2.75) is 17.1 Å². The third-order valence-electron chi connectivity index (χ3n) is 2.05. The second-order valence-corrected chi connectivity index (χ2v) is 5.27. The number of hydrogen-bond donors (Lipinski definition) is 2. The number of halogens is 1. The molecule has 0 aromatic heterocycles. The van der Waals surface area contributed by atoms with Crippen LogP contribution in [0.15, 0.2) is 35.7 Å². The molecule has 1 aromatic carbocycles. The molecule has 0 aliphatic rings. The largest absolute Gasteiger partial charge is 0.399 e. The molecule has 1 atom stereocenters. The summed E-state index contributed by atoms with van der Waals surface area (Å²) in [5.74, 6) is -0.0478. The van der Waals surface area contributed by atoms with Crippen molar-refractivity contribution in [3.8, 4) is 0 Å². The second kappa shape index (κ2) is 6.57. The summed E-state index contributed by atoms with van der Waals surface area (Å²) in [6, 6.07) is 5.23. The number of anilines is 1. The standard InChI is InChI=1S/C12H15ClN2OS/c1-3-6-15-12(16)8(2)17-11-7-9(14)4-5-10(11)13/h3-5,7-8H,1,6,14H2,2H3,(H,15,16). The van der Waals surface area contributed by atoms with Gasteiger partial charge in [0.25, 0.3) is 0 Å². The molecular weight excluding hydrogens is 256 g/mol. The molecule has 3 nitrogen and oxygen atoms in total. The average Bonchev–Trinajstić information content (AvgIpc) is 2.30. The van der Waals surface area contributed by atoms with E-state index in [-0.39, 0.29) is 11.2 Å². The van der Waals surface area contributed by atoms with Gasteiger partial charge in [0.05, 0.1) is 10.3 Å². The Bertz CT molecular complexity index is 423. The summed E-state index contributed by atoms with van der Waals surface area (Å²) in [5.41, 5.74) is 6.31. The normalized spacial score (nSPS) is 11.9. The molecule has 0 spiro atoms. The molecule has 0 radical (unpaired) electrons. The van der Waals surface area contributed by atoms with Crippen LogP contribution >= 0.6 is 23.4 Å². The van der Waals surface area contributed by atoms with Crippen molar-refractivity contribution in [3.63, 3.8) is 0 Å². The van der Waals surface area contributed by atoms with E-state index in [2.05, 4.69) is 11.9 Å². The third-order valence-corrected chi connectivity index (χ3v) is 3.65. The van der Waals surface area contributed by atoms with E-state index < -0.39 is 0 Å². The predicted octanol–water partition coefficient (Wildman–Crippen LogP) is 2.71. The van der Waals surface area contributed by atoms with E-state index >= 15 is 0 Å². The third kappa shape index (κ3) is 4.32. The maximum Gasteiger partial charge on any atom is 0.233 e. The number of carbonyl (C=O) groups excluding carboxylic acids is 1. The van der Waals surface area contributed by atoms with Crippen LogP contribution in [0.25, 0.3) is 0 Å². The lowest BCUT2D eigenvalue weighted by atomic mass is 10.3. The number of hydrogen-bond acceptors (Lipinski definition) is 3. The summed E-state index contributed by atoms with van der Waals surface area (Å²) in [7, 11) is 0. The van der Waals surface area contributed by atoms with Crippen LogP contribution in [0.1, 0.15) is 6.92 Å². The number of amides is 1. The number of rotatable bonds is 5. The Morgan fingerprint density at radius 3 is 3.06 bits per heavy atom. The summed E-state index contributed by atoms with van der Waals surface area (Å²) < 4.78 is 0. The molecule has 17 heavy (non-hydrogen) atoms. The van der Waals surface area contributed by atoms with Crippen molar-refractivity contribution < 1.29 is 4.79 Å². The highest BCUT2D eigenvalue weighted by molar-refractivity contribution is 8.00. The molecule has 92 valence electrons. The van der Waals surface area contributed by atoms with Crippen LogP contribution in [0.5, 0.6) is 0 Å². The van der Waals surface area contributed by atoms with Gasteiger partial charge in [-0.3, -0.25) is 4.79 Å². The van der Waals surface area contributed by atoms with E-state index in [0.29, 0.717) is 17.3 Å². The van der Waals surface area contributed by atoms with Gasteiger partial charge < -0.3 is 11.1 Å². The number of benzene rings is 1. The topological polar surface area (TPSA) is 55.1 Å². The van der Waals surface area contributed by atoms with Crippen LogP contribution in [0.2, 0.25) is 5.02 Å². The monoisotopic (exact) mass is 270 g/mol. The molecule has 0 saturated heterocycles. The van der Waals surface area contributed by atoms with E-state index in [9.17, 15) is 4.79 Å². The predicted molar refractivity (Wildman–Crippen MR) is 74.4 cm³/mol. The summed E-state index contributed by atoms with van der Waals surface area (Å²) in [6.45, 7) is 5.83. The van der Waals surface area contributed by atoms with E-state index in [0.717, 1.165) is 4.90 Å². The molecule has 1 unspecified atom stereocenters. The molecule has 0 bridgehead atoms. The van der Waals surface area contributed by atoms with Crippen LogP contribution in [0.4, 0.5) is 5.69 Å². The highest BCUT2D eigenvalue weighted by Crippen LogP contribution is 2.31. The van der Waals surface area contributed by atoms with Gasteiger partial charge in [0.2, 0.25) is 5.91 Å². The molecule has 0 aliphatic heterocycles. The Morgan fingerprint density at radius 2 is 2.41 bits per heavy atom. The zero-order chi connectivity index (χ0) is 12.8. The summed E-state index contributed by atoms with van der Waals surface area (Å²) >= 11 is 7.41. The maximum atomic E-state index is 11.6. The van der Waals surface area contributed by atoms with Crippen molar-refractivity contribution in [1.29, 1.82) is 0 Å². The Labute approximate surface area is 110 Å². The lowest BCUT2D eigenvalue weighted by molar-refractivity contribution is -0.120. The van der Waals surface area contributed by atoms with Gasteiger partial charge in [0.15, 0.2) is 0 Å². The van der Waals surface area contributed by atoms with Gasteiger partial charge in [0, 0.05) is 17.1 Å². The lowest BCUT2D eigenvalue weighted by Crippen LogP contribution is -2.30. The fourth-order valence-electron chi connectivity index (χ4n) is 1.17. The molecule has 0 heterocycles. The zero-order valence-corrected chi connectivity index (χ0v) is 11.1. The summed E-state index contributed by atoms with van der Waals surface area (Å²) in [4.78, 5) is 12.5. The van der Waals surface area contributed by atoms with Crippen molar-refractivity contribution in [1.82, 2.24) is 5.32 Å². The van der Waals surface area contributed by atoms with Crippen LogP contribution in [0, 0.1) is 0 Å². The maximum absolute atomic E-state index is 11.6. The van der Waals surface area contributed by atoms with Gasteiger partial charge in [-0.2, -0.15) is 0 Å². The molecule has 0 aliphatic carbocycles. The number of nitrogen functional groups attached to an aromatic ring is 1. The number of nitrogens with one attached hydrogen (secondary N) is 1. The first-order chi connectivity index (χ1) is 8.04. The number of thioether (sulfide) groups is 1. The number of nitrogens with two attached hydrogens (primary N) is 1. The first kappa shape index (κ1) is 13.9. The van der Waals surface area contributed by atoms with Gasteiger partial charge in [-0.25, -0.2) is 0 Å². The highest BCUT2D eigenvalue weighted by Gasteiger charge is 2.15. The Kier molecular flexibility index (Phi) is 5.38. The molecule has 0 saturated carbocycles. The molecular formula is C12H15ClN2OS. The molecule has 1 rings (SSSR count). The minimum Gasteiger partial charge on any atom is -0.399 e. The molecule has 1 amide bonds. The van der Waals surface area contributed by atoms with Crippen molar-refractivity contribution in [2.24, 2.45) is 0 Å². The van der Waals surface area contributed by atoms with Crippen molar-refractivity contribution >= 4 is 35.0 Å². The van der Waals surface area contributed by atoms with E-state index in [1.165, 1.54) is 11.8 Å². The zero-order valence-electron chi connectivity index (χ0n) is 9.57. The van der Waals surface area contributed by atoms with Gasteiger partial charge in [-0.1, -0.05) is 17.7 Å². The van der Waals surface area contributed by atoms with E-state index in [1.54, 1.807) is 24.3 Å². The Balaban J connectivity index is 2.66. The molecule has 0 fully saturated rings. The molecule has 1 aromatic rings. The van der Waals surface area contributed by atoms with E-state index in [1.807, 2.05) is 6.92 Å². The van der Waals surface area contributed by atoms with Crippen molar-refractivity contribution in [3.05, 3.63) is 35.9 Å². The van der Waals surface area contributed by atoms with Crippen molar-refractivity contribution in [2.75, 3.05) is 12.3 Å². The average molecular weight is 271 g/mol. The van der Waals surface area contributed by atoms with Crippen LogP contribution in [-0.4, -0.2) is 17.7 Å². The number of carbonyl (C=O) groups is 1. The Hall–Kier alpha value is -1.13. The smallest absolute Gasteiger partial charge is 0.233 e. The summed E-state index contributed by atoms with van der Waals surface area (Å²) in [5, 5.41) is 3.11. The fraction of sp³-hybridized carbons (Fsp3) is 0.250. The van der Waals surface area contributed by atoms with Crippen LogP contribution < -0.4 is 11.1 Å². The molecule has 3 N–H and O–H groups in total. The quantitative estimate of drug-likeness (QED) is 0.491. The molecule has 5 heteroatoms. The van der Waals surface area contributed by atoms with Crippen LogP contribution in [0.3, 0.4) is 0 Å². The highest BCUT2D eigenvalue weighted by atomic mass is 35.5. The van der Waals surface area contributed by atoms with Gasteiger partial charge >= 0.3 is 0 Å². The SMILES string of the molecule is C=CCNC(=O)C(C)Sc1cc(N)ccc1Cl. The lowest BCUT2D eigenvalue weighted by Gasteiger charge is -2.12.